The predicted octanol–water partition coefficient (Wildman–Crippen LogP) is 3.20. The second kappa shape index (κ2) is 9.90. The van der Waals surface area contributed by atoms with E-state index in [1.165, 1.54) is 6.08 Å². The molecule has 96 valence electrons. The first-order valence-electron chi connectivity index (χ1n) is 5.49. The molecular weight excluding hydrogens is 242 g/mol. The number of halogens is 1. The lowest BCUT2D eigenvalue weighted by Crippen LogP contribution is -2.18. The van der Waals surface area contributed by atoms with Gasteiger partial charge in [0, 0.05) is 6.08 Å². The van der Waals surface area contributed by atoms with Gasteiger partial charge in [0.2, 0.25) is 0 Å². The number of hydrogen-bond donors (Lipinski definition) is 2. The molecule has 0 aromatic rings. The van der Waals surface area contributed by atoms with Crippen LogP contribution in [0.15, 0.2) is 29.5 Å². The molecule has 0 bridgehead atoms. The van der Waals surface area contributed by atoms with E-state index in [0.717, 1.165) is 37.5 Å². The van der Waals surface area contributed by atoms with Gasteiger partial charge in [0.15, 0.2) is 0 Å². The summed E-state index contributed by atoms with van der Waals surface area (Å²) in [5.41, 5.74) is 0.753. The van der Waals surface area contributed by atoms with E-state index in [0.29, 0.717) is 0 Å². The number of nitrogens with zero attached hydrogens (tertiary/aromatic N) is 1. The number of carboxylic acids is 1. The summed E-state index contributed by atoms with van der Waals surface area (Å²) in [5.74, 6) is -0.914. The molecule has 0 radical (unpaired) electrons. The summed E-state index contributed by atoms with van der Waals surface area (Å²) in [6.07, 6.45) is 10.1. The van der Waals surface area contributed by atoms with Gasteiger partial charge in [-0.05, 0) is 26.2 Å². The van der Waals surface area contributed by atoms with E-state index >= 15 is 0 Å². The second-order valence-corrected chi connectivity index (χ2v) is 4.05. The standard InChI is InChI=1S/C6H10ClNO.C6H8O2/c7-5-3-1-2-4-6(5)8-9;1-2-3-4-5-6(7)8/h5,9H,1-4H2;2-5H,1H3,(H,7,8). The van der Waals surface area contributed by atoms with Gasteiger partial charge in [-0.3, -0.25) is 0 Å². The number of oxime groups is 1. The summed E-state index contributed by atoms with van der Waals surface area (Å²) in [4.78, 5) is 9.75. The molecule has 0 spiro atoms. The SMILES string of the molecule is CC=CC=CC(=O)O.ON=C1CCCCC1Cl. The number of allylic oxidation sites excluding steroid dienone is 3. The van der Waals surface area contributed by atoms with E-state index < -0.39 is 5.97 Å². The van der Waals surface area contributed by atoms with Crippen molar-refractivity contribution in [3.63, 3.8) is 0 Å². The van der Waals surface area contributed by atoms with E-state index in [-0.39, 0.29) is 5.38 Å². The van der Waals surface area contributed by atoms with Gasteiger partial charge in [-0.15, -0.1) is 11.6 Å². The molecule has 1 unspecified atom stereocenters. The Morgan fingerprint density at radius 2 is 2.18 bits per heavy atom. The summed E-state index contributed by atoms with van der Waals surface area (Å²) in [6.45, 7) is 1.83. The van der Waals surface area contributed by atoms with Crippen molar-refractivity contribution >= 4 is 23.3 Å². The quantitative estimate of drug-likeness (QED) is 0.263. The molecule has 17 heavy (non-hydrogen) atoms. The third-order valence-electron chi connectivity index (χ3n) is 2.17. The van der Waals surface area contributed by atoms with Gasteiger partial charge in [0.1, 0.15) is 0 Å². The van der Waals surface area contributed by atoms with Crippen molar-refractivity contribution in [2.24, 2.45) is 5.16 Å². The number of carbonyl (C=O) groups is 1. The van der Waals surface area contributed by atoms with Crippen LogP contribution in [0.2, 0.25) is 0 Å². The second-order valence-electron chi connectivity index (χ2n) is 3.53. The molecule has 0 aliphatic heterocycles. The molecule has 1 aliphatic rings. The molecule has 1 atom stereocenters. The maximum Gasteiger partial charge on any atom is 0.328 e. The first kappa shape index (κ1) is 15.7. The Bertz CT molecular complexity index is 311. The molecule has 1 fully saturated rings. The average molecular weight is 260 g/mol. The summed E-state index contributed by atoms with van der Waals surface area (Å²) in [6, 6.07) is 0. The van der Waals surface area contributed by atoms with E-state index in [1.54, 1.807) is 12.2 Å². The Labute approximate surface area is 106 Å². The number of hydrogen-bond acceptors (Lipinski definition) is 3. The zero-order valence-electron chi connectivity index (χ0n) is 9.84. The van der Waals surface area contributed by atoms with Crippen LogP contribution in [-0.4, -0.2) is 27.4 Å². The molecule has 1 saturated carbocycles. The van der Waals surface area contributed by atoms with Crippen molar-refractivity contribution in [3.8, 4) is 0 Å². The highest BCUT2D eigenvalue weighted by Gasteiger charge is 2.17. The first-order chi connectivity index (χ1) is 8.11. The summed E-state index contributed by atoms with van der Waals surface area (Å²) < 4.78 is 0. The van der Waals surface area contributed by atoms with E-state index in [1.807, 2.05) is 6.92 Å². The van der Waals surface area contributed by atoms with Gasteiger partial charge in [0.05, 0.1) is 11.1 Å². The Kier molecular flexibility index (Phi) is 9.15. The number of carboxylic acid groups (broad SMARTS) is 1. The minimum absolute atomic E-state index is 0.0104. The van der Waals surface area contributed by atoms with Gasteiger partial charge >= 0.3 is 5.97 Å². The normalized spacial score (nSPS) is 22.7. The average Bonchev–Trinajstić information content (AvgIpc) is 2.30. The highest BCUT2D eigenvalue weighted by atomic mass is 35.5. The fraction of sp³-hybridized carbons (Fsp3) is 0.500. The van der Waals surface area contributed by atoms with E-state index in [4.69, 9.17) is 21.9 Å². The van der Waals surface area contributed by atoms with E-state index in [2.05, 4.69) is 5.16 Å². The number of alkyl halides is 1. The zero-order chi connectivity index (χ0) is 13.1. The molecule has 4 nitrogen and oxygen atoms in total. The molecule has 5 heteroatoms. The van der Waals surface area contributed by atoms with Crippen molar-refractivity contribution < 1.29 is 15.1 Å². The Hall–Kier alpha value is -1.29. The predicted molar refractivity (Wildman–Crippen MR) is 68.9 cm³/mol. The third kappa shape index (κ3) is 8.51. The third-order valence-corrected chi connectivity index (χ3v) is 2.64. The largest absolute Gasteiger partial charge is 0.478 e. The summed E-state index contributed by atoms with van der Waals surface area (Å²) in [5, 5.41) is 19.5. The van der Waals surface area contributed by atoms with Gasteiger partial charge in [-0.2, -0.15) is 0 Å². The highest BCUT2D eigenvalue weighted by molar-refractivity contribution is 6.32. The molecule has 1 aliphatic carbocycles. The van der Waals surface area contributed by atoms with Crippen LogP contribution in [0.5, 0.6) is 0 Å². The van der Waals surface area contributed by atoms with Crippen LogP contribution in [0.25, 0.3) is 0 Å². The Morgan fingerprint density at radius 3 is 2.59 bits per heavy atom. The molecule has 1 rings (SSSR count). The van der Waals surface area contributed by atoms with Crippen molar-refractivity contribution in [1.29, 1.82) is 0 Å². The molecule has 0 amide bonds. The van der Waals surface area contributed by atoms with Crippen LogP contribution in [0, 0.1) is 0 Å². The first-order valence-corrected chi connectivity index (χ1v) is 5.92. The minimum Gasteiger partial charge on any atom is -0.478 e. The molecule has 0 heterocycles. The Balaban J connectivity index is 0.000000304. The van der Waals surface area contributed by atoms with Crippen LogP contribution in [-0.2, 0) is 4.79 Å². The number of aliphatic carboxylic acids is 1. The number of rotatable bonds is 2. The van der Waals surface area contributed by atoms with Crippen molar-refractivity contribution in [2.75, 3.05) is 0 Å². The van der Waals surface area contributed by atoms with E-state index in [9.17, 15) is 4.79 Å². The van der Waals surface area contributed by atoms with Crippen LogP contribution in [0.4, 0.5) is 0 Å². The maximum atomic E-state index is 9.75. The topological polar surface area (TPSA) is 69.9 Å². The van der Waals surface area contributed by atoms with Gasteiger partial charge < -0.3 is 10.3 Å². The van der Waals surface area contributed by atoms with Crippen molar-refractivity contribution in [1.82, 2.24) is 0 Å². The van der Waals surface area contributed by atoms with Crippen molar-refractivity contribution in [2.45, 2.75) is 38.0 Å². The van der Waals surface area contributed by atoms with Gasteiger partial charge in [-0.25, -0.2) is 4.79 Å². The summed E-state index contributed by atoms with van der Waals surface area (Å²) in [7, 11) is 0. The zero-order valence-corrected chi connectivity index (χ0v) is 10.6. The van der Waals surface area contributed by atoms with Gasteiger partial charge in [-0.1, -0.05) is 29.8 Å². The molecule has 0 aromatic carbocycles. The monoisotopic (exact) mass is 259 g/mol. The minimum atomic E-state index is -0.914. The maximum absolute atomic E-state index is 9.75. The lowest BCUT2D eigenvalue weighted by molar-refractivity contribution is -0.131. The lowest BCUT2D eigenvalue weighted by Gasteiger charge is -2.15. The van der Waals surface area contributed by atoms with Crippen LogP contribution in [0.3, 0.4) is 0 Å². The van der Waals surface area contributed by atoms with Crippen molar-refractivity contribution in [3.05, 3.63) is 24.3 Å². The van der Waals surface area contributed by atoms with Crippen LogP contribution < -0.4 is 0 Å². The van der Waals surface area contributed by atoms with Gasteiger partial charge in [0.25, 0.3) is 0 Å². The van der Waals surface area contributed by atoms with Crippen LogP contribution in [0.1, 0.15) is 32.6 Å². The Morgan fingerprint density at radius 1 is 1.47 bits per heavy atom. The van der Waals surface area contributed by atoms with Crippen LogP contribution >= 0.6 is 11.6 Å². The molecule has 0 aromatic heterocycles. The molecular formula is C12H18ClNO3. The fourth-order valence-corrected chi connectivity index (χ4v) is 1.62. The molecule has 2 N–H and O–H groups in total. The summed E-state index contributed by atoms with van der Waals surface area (Å²) >= 11 is 5.79. The highest BCUT2D eigenvalue weighted by Crippen LogP contribution is 2.19. The smallest absolute Gasteiger partial charge is 0.328 e. The lowest BCUT2D eigenvalue weighted by atomic mass is 9.98. The molecule has 0 saturated heterocycles. The fourth-order valence-electron chi connectivity index (χ4n) is 1.31.